The Morgan fingerprint density at radius 3 is 2.81 bits per heavy atom. The Morgan fingerprint density at radius 1 is 1.12 bits per heavy atom. The number of hydrogen-bond acceptors (Lipinski definition) is 0. The summed E-state index contributed by atoms with van der Waals surface area (Å²) in [6.07, 6.45) is 7.79. The summed E-state index contributed by atoms with van der Waals surface area (Å²) in [5.74, 6) is 0.523. The smallest absolute Gasteiger partial charge is 0.0244 e. The molecule has 0 spiro atoms. The van der Waals surface area contributed by atoms with Crippen molar-refractivity contribution in [2.75, 3.05) is 0 Å². The van der Waals surface area contributed by atoms with Gasteiger partial charge in [0, 0.05) is 24.9 Å². The highest BCUT2D eigenvalue weighted by Crippen LogP contribution is 2.29. The molecule has 1 aliphatic carbocycles. The van der Waals surface area contributed by atoms with Crippen molar-refractivity contribution in [3.05, 3.63) is 65.5 Å². The number of benzene rings is 1. The zero-order valence-electron chi connectivity index (χ0n) is 9.43. The summed E-state index contributed by atoms with van der Waals surface area (Å²) in [6.45, 7) is 0. The Hall–Kier alpha value is -1.76. The number of hydrogen-bond donors (Lipinski definition) is 0. The Kier molecular flexibility index (Phi) is 2.17. The first-order chi connectivity index (χ1) is 7.84. The second kappa shape index (κ2) is 3.67. The van der Waals surface area contributed by atoms with Crippen molar-refractivity contribution in [3.8, 4) is 0 Å². The average molecular weight is 209 g/mol. The molecule has 1 atom stereocenters. The van der Waals surface area contributed by atoms with Gasteiger partial charge in [-0.15, -0.1) is 0 Å². The van der Waals surface area contributed by atoms with Gasteiger partial charge in [-0.1, -0.05) is 36.4 Å². The van der Waals surface area contributed by atoms with Gasteiger partial charge < -0.3 is 4.57 Å². The van der Waals surface area contributed by atoms with Crippen molar-refractivity contribution < 1.29 is 0 Å². The first kappa shape index (κ1) is 9.46. The molecule has 0 bridgehead atoms. The monoisotopic (exact) mass is 209 g/mol. The van der Waals surface area contributed by atoms with E-state index in [1.54, 1.807) is 0 Å². The van der Waals surface area contributed by atoms with Crippen LogP contribution in [0.4, 0.5) is 0 Å². The summed E-state index contributed by atoms with van der Waals surface area (Å²) in [6, 6.07) is 13.0. The van der Waals surface area contributed by atoms with Gasteiger partial charge in [-0.2, -0.15) is 0 Å². The summed E-state index contributed by atoms with van der Waals surface area (Å²) >= 11 is 0. The van der Waals surface area contributed by atoms with Crippen LogP contribution < -0.4 is 0 Å². The minimum Gasteiger partial charge on any atom is -0.354 e. The normalized spacial score (nSPS) is 18.4. The molecule has 1 heterocycles. The Bertz CT molecular complexity index is 534. The van der Waals surface area contributed by atoms with Gasteiger partial charge in [0.1, 0.15) is 0 Å². The minimum absolute atomic E-state index is 0.523. The SMILES string of the molecule is Cn1cccc1[C@H]1C=Cc2ccccc2C1. The molecule has 0 saturated carbocycles. The summed E-state index contributed by atoms with van der Waals surface area (Å²) in [4.78, 5) is 0. The van der Waals surface area contributed by atoms with Gasteiger partial charge >= 0.3 is 0 Å². The molecule has 16 heavy (non-hydrogen) atoms. The van der Waals surface area contributed by atoms with Crippen molar-refractivity contribution in [2.45, 2.75) is 12.3 Å². The first-order valence-corrected chi connectivity index (χ1v) is 5.72. The summed E-state index contributed by atoms with van der Waals surface area (Å²) < 4.78 is 2.21. The number of nitrogens with zero attached hydrogens (tertiary/aromatic N) is 1. The van der Waals surface area contributed by atoms with Gasteiger partial charge in [-0.3, -0.25) is 0 Å². The highest BCUT2D eigenvalue weighted by atomic mass is 14.9. The van der Waals surface area contributed by atoms with Crippen LogP contribution in [0.1, 0.15) is 22.7 Å². The van der Waals surface area contributed by atoms with E-state index in [9.17, 15) is 0 Å². The van der Waals surface area contributed by atoms with Crippen LogP contribution in [0.2, 0.25) is 0 Å². The molecule has 1 aromatic heterocycles. The van der Waals surface area contributed by atoms with E-state index in [0.29, 0.717) is 5.92 Å². The fourth-order valence-corrected chi connectivity index (χ4v) is 2.47. The molecule has 1 aliphatic rings. The molecule has 0 fully saturated rings. The molecular formula is C15H15N. The second-order valence-electron chi connectivity index (χ2n) is 4.41. The predicted octanol–water partition coefficient (Wildman–Crippen LogP) is 3.38. The van der Waals surface area contributed by atoms with Gasteiger partial charge in [0.25, 0.3) is 0 Å². The van der Waals surface area contributed by atoms with E-state index < -0.39 is 0 Å². The van der Waals surface area contributed by atoms with Gasteiger partial charge in [0.15, 0.2) is 0 Å². The molecule has 0 unspecified atom stereocenters. The van der Waals surface area contributed by atoms with Gasteiger partial charge in [-0.05, 0) is 29.7 Å². The highest BCUT2D eigenvalue weighted by Gasteiger charge is 2.16. The van der Waals surface area contributed by atoms with E-state index in [1.165, 1.54) is 16.8 Å². The standard InChI is InChI=1S/C15H15N/c1-16-10-4-7-15(16)14-9-8-12-5-2-3-6-13(12)11-14/h2-10,14H,11H2,1H3/t14-/m0/s1. The van der Waals surface area contributed by atoms with E-state index in [0.717, 1.165) is 6.42 Å². The molecule has 1 heteroatoms. The molecule has 0 amide bonds. The number of allylic oxidation sites excluding steroid dienone is 1. The van der Waals surface area contributed by atoms with Gasteiger partial charge in [0.05, 0.1) is 0 Å². The van der Waals surface area contributed by atoms with Crippen molar-refractivity contribution in [1.29, 1.82) is 0 Å². The lowest BCUT2D eigenvalue weighted by molar-refractivity contribution is 0.729. The van der Waals surface area contributed by atoms with Crippen molar-refractivity contribution in [3.63, 3.8) is 0 Å². The topological polar surface area (TPSA) is 4.93 Å². The zero-order chi connectivity index (χ0) is 11.0. The maximum absolute atomic E-state index is 2.32. The number of rotatable bonds is 1. The molecule has 0 radical (unpaired) electrons. The van der Waals surface area contributed by atoms with E-state index in [4.69, 9.17) is 0 Å². The lowest BCUT2D eigenvalue weighted by atomic mass is 9.88. The van der Waals surface area contributed by atoms with Crippen molar-refractivity contribution >= 4 is 6.08 Å². The van der Waals surface area contributed by atoms with Crippen LogP contribution in [0.3, 0.4) is 0 Å². The molecule has 80 valence electrons. The zero-order valence-corrected chi connectivity index (χ0v) is 9.43. The third kappa shape index (κ3) is 1.49. The van der Waals surface area contributed by atoms with E-state index >= 15 is 0 Å². The molecule has 0 aliphatic heterocycles. The van der Waals surface area contributed by atoms with Gasteiger partial charge in [-0.25, -0.2) is 0 Å². The first-order valence-electron chi connectivity index (χ1n) is 5.72. The summed E-state index contributed by atoms with van der Waals surface area (Å²) in [5, 5.41) is 0. The summed E-state index contributed by atoms with van der Waals surface area (Å²) in [5.41, 5.74) is 4.22. The number of fused-ring (bicyclic) bond motifs is 1. The van der Waals surface area contributed by atoms with E-state index in [2.05, 4.69) is 66.4 Å². The minimum atomic E-state index is 0.523. The third-order valence-corrected chi connectivity index (χ3v) is 3.37. The third-order valence-electron chi connectivity index (χ3n) is 3.37. The maximum atomic E-state index is 2.32. The van der Waals surface area contributed by atoms with Crippen molar-refractivity contribution in [1.82, 2.24) is 4.57 Å². The van der Waals surface area contributed by atoms with Crippen LogP contribution in [0.25, 0.3) is 6.08 Å². The van der Waals surface area contributed by atoms with Crippen LogP contribution in [0.5, 0.6) is 0 Å². The average Bonchev–Trinajstić information content (AvgIpc) is 2.75. The van der Waals surface area contributed by atoms with E-state index in [-0.39, 0.29) is 0 Å². The molecule has 1 nitrogen and oxygen atoms in total. The lowest BCUT2D eigenvalue weighted by Crippen LogP contribution is -2.08. The molecule has 0 N–H and O–H groups in total. The molecular weight excluding hydrogens is 194 g/mol. The van der Waals surface area contributed by atoms with Crippen LogP contribution in [-0.4, -0.2) is 4.57 Å². The lowest BCUT2D eigenvalue weighted by Gasteiger charge is -2.20. The number of aryl methyl sites for hydroxylation is 1. The Balaban J connectivity index is 1.97. The van der Waals surface area contributed by atoms with Crippen LogP contribution >= 0.6 is 0 Å². The maximum Gasteiger partial charge on any atom is 0.0244 e. The fraction of sp³-hybridized carbons (Fsp3) is 0.200. The summed E-state index contributed by atoms with van der Waals surface area (Å²) in [7, 11) is 2.11. The van der Waals surface area contributed by atoms with Gasteiger partial charge in [0.2, 0.25) is 0 Å². The van der Waals surface area contributed by atoms with Crippen LogP contribution in [-0.2, 0) is 13.5 Å². The largest absolute Gasteiger partial charge is 0.354 e. The molecule has 1 aromatic carbocycles. The fourth-order valence-electron chi connectivity index (χ4n) is 2.47. The van der Waals surface area contributed by atoms with Crippen LogP contribution in [0.15, 0.2) is 48.7 Å². The molecule has 0 saturated heterocycles. The van der Waals surface area contributed by atoms with Crippen molar-refractivity contribution in [2.24, 2.45) is 7.05 Å². The van der Waals surface area contributed by atoms with E-state index in [1.807, 2.05) is 0 Å². The predicted molar refractivity (Wildman–Crippen MR) is 67.3 cm³/mol. The Labute approximate surface area is 96.0 Å². The molecule has 3 rings (SSSR count). The highest BCUT2D eigenvalue weighted by molar-refractivity contribution is 5.58. The van der Waals surface area contributed by atoms with Crippen LogP contribution in [0, 0.1) is 0 Å². The number of aromatic nitrogens is 1. The Morgan fingerprint density at radius 2 is 2.00 bits per heavy atom. The second-order valence-corrected chi connectivity index (χ2v) is 4.41. The molecule has 2 aromatic rings. The quantitative estimate of drug-likeness (QED) is 0.678.